The topological polar surface area (TPSA) is 30.5 Å². The van der Waals surface area contributed by atoms with E-state index in [1.165, 1.54) is 25.7 Å². The van der Waals surface area contributed by atoms with Crippen LogP contribution in [0.1, 0.15) is 43.7 Å². The summed E-state index contributed by atoms with van der Waals surface area (Å²) in [5, 5.41) is 3.52. The summed E-state index contributed by atoms with van der Waals surface area (Å²) in [5.41, 5.74) is 2.25. The van der Waals surface area contributed by atoms with Gasteiger partial charge in [0.15, 0.2) is 11.5 Å². The summed E-state index contributed by atoms with van der Waals surface area (Å²) in [5.74, 6) is 1.57. The number of ether oxygens (including phenoxy) is 2. The minimum atomic E-state index is 0. The first-order valence-corrected chi connectivity index (χ1v) is 9.77. The molecular formula is C21H29BrClNO2. The van der Waals surface area contributed by atoms with Gasteiger partial charge in [0, 0.05) is 16.6 Å². The molecule has 0 bridgehead atoms. The van der Waals surface area contributed by atoms with E-state index in [1.807, 2.05) is 24.3 Å². The van der Waals surface area contributed by atoms with Gasteiger partial charge in [-0.2, -0.15) is 0 Å². The van der Waals surface area contributed by atoms with Crippen molar-refractivity contribution in [3.8, 4) is 11.5 Å². The molecule has 2 aromatic rings. The number of hydrogen-bond donors (Lipinski definition) is 1. The van der Waals surface area contributed by atoms with E-state index in [2.05, 4.69) is 46.4 Å². The highest BCUT2D eigenvalue weighted by molar-refractivity contribution is 9.10. The van der Waals surface area contributed by atoms with Crippen LogP contribution in [0.5, 0.6) is 11.5 Å². The molecule has 0 saturated heterocycles. The van der Waals surface area contributed by atoms with Crippen LogP contribution in [0.4, 0.5) is 0 Å². The Bertz CT molecular complexity index is 637. The molecule has 0 amide bonds. The third-order valence-electron chi connectivity index (χ3n) is 4.07. The number of benzene rings is 2. The minimum Gasteiger partial charge on any atom is -0.493 e. The lowest BCUT2D eigenvalue weighted by molar-refractivity contribution is 0.280. The van der Waals surface area contributed by atoms with Gasteiger partial charge in [-0.3, -0.25) is 0 Å². The Morgan fingerprint density at radius 3 is 2.50 bits per heavy atom. The Kier molecular flexibility index (Phi) is 11.4. The van der Waals surface area contributed by atoms with Gasteiger partial charge in [-0.05, 0) is 30.7 Å². The van der Waals surface area contributed by atoms with Crippen molar-refractivity contribution in [3.63, 3.8) is 0 Å². The first-order chi connectivity index (χ1) is 12.2. The first-order valence-electron chi connectivity index (χ1n) is 8.98. The fraction of sp³-hybridized carbons (Fsp3) is 0.429. The van der Waals surface area contributed by atoms with Gasteiger partial charge in [-0.15, -0.1) is 12.4 Å². The van der Waals surface area contributed by atoms with Crippen molar-refractivity contribution in [2.24, 2.45) is 0 Å². The summed E-state index contributed by atoms with van der Waals surface area (Å²) >= 11 is 3.56. The van der Waals surface area contributed by atoms with Crippen LogP contribution in [-0.2, 0) is 13.2 Å². The SMILES string of the molecule is CCCCCCNCc1cc(Br)cc(OC)c1OCc1ccccc1.Cl. The molecule has 1 N–H and O–H groups in total. The van der Waals surface area contributed by atoms with Crippen LogP contribution in [-0.4, -0.2) is 13.7 Å². The summed E-state index contributed by atoms with van der Waals surface area (Å²) in [7, 11) is 1.68. The summed E-state index contributed by atoms with van der Waals surface area (Å²) in [4.78, 5) is 0. The van der Waals surface area contributed by atoms with Crippen molar-refractivity contribution < 1.29 is 9.47 Å². The molecule has 5 heteroatoms. The van der Waals surface area contributed by atoms with Gasteiger partial charge in [-0.25, -0.2) is 0 Å². The maximum Gasteiger partial charge on any atom is 0.166 e. The Morgan fingerprint density at radius 1 is 1.04 bits per heavy atom. The van der Waals surface area contributed by atoms with Crippen molar-refractivity contribution in [2.45, 2.75) is 45.8 Å². The van der Waals surface area contributed by atoms with Gasteiger partial charge in [0.25, 0.3) is 0 Å². The molecule has 0 radical (unpaired) electrons. The molecule has 3 nitrogen and oxygen atoms in total. The van der Waals surface area contributed by atoms with E-state index in [0.717, 1.165) is 40.2 Å². The summed E-state index contributed by atoms with van der Waals surface area (Å²) in [6.45, 7) is 4.55. The molecule has 0 unspecified atom stereocenters. The molecule has 0 aliphatic carbocycles. The van der Waals surface area contributed by atoms with Gasteiger partial charge in [0.05, 0.1) is 7.11 Å². The van der Waals surface area contributed by atoms with E-state index in [0.29, 0.717) is 6.61 Å². The quantitative estimate of drug-likeness (QED) is 0.425. The summed E-state index contributed by atoms with van der Waals surface area (Å²) in [6, 6.07) is 14.2. The molecule has 2 aromatic carbocycles. The highest BCUT2D eigenvalue weighted by Crippen LogP contribution is 2.35. The van der Waals surface area contributed by atoms with E-state index in [-0.39, 0.29) is 12.4 Å². The van der Waals surface area contributed by atoms with Crippen LogP contribution in [0.15, 0.2) is 46.9 Å². The van der Waals surface area contributed by atoms with Gasteiger partial charge in [0.2, 0.25) is 0 Å². The van der Waals surface area contributed by atoms with Gasteiger partial charge in [0.1, 0.15) is 6.61 Å². The smallest absolute Gasteiger partial charge is 0.166 e. The van der Waals surface area contributed by atoms with Crippen molar-refractivity contribution in [1.29, 1.82) is 0 Å². The minimum absolute atomic E-state index is 0. The first kappa shape index (κ1) is 22.8. The zero-order chi connectivity index (χ0) is 17.9. The third-order valence-corrected chi connectivity index (χ3v) is 4.52. The van der Waals surface area contributed by atoms with E-state index < -0.39 is 0 Å². The van der Waals surface area contributed by atoms with Crippen LogP contribution in [0, 0.1) is 0 Å². The van der Waals surface area contributed by atoms with Crippen molar-refractivity contribution >= 4 is 28.3 Å². The predicted molar refractivity (Wildman–Crippen MR) is 115 cm³/mol. The number of rotatable bonds is 11. The highest BCUT2D eigenvalue weighted by Gasteiger charge is 2.13. The van der Waals surface area contributed by atoms with E-state index in [9.17, 15) is 0 Å². The summed E-state index contributed by atoms with van der Waals surface area (Å²) in [6.07, 6.45) is 5.06. The largest absolute Gasteiger partial charge is 0.493 e. The fourth-order valence-corrected chi connectivity index (χ4v) is 3.18. The fourth-order valence-electron chi connectivity index (χ4n) is 2.70. The lowest BCUT2D eigenvalue weighted by atomic mass is 10.1. The Balaban J connectivity index is 0.00000338. The summed E-state index contributed by atoms with van der Waals surface area (Å²) < 4.78 is 12.6. The second kappa shape index (κ2) is 13.0. The van der Waals surface area contributed by atoms with Gasteiger partial charge in [-0.1, -0.05) is 72.4 Å². The van der Waals surface area contributed by atoms with Crippen LogP contribution in [0.25, 0.3) is 0 Å². The van der Waals surface area contributed by atoms with Crippen molar-refractivity contribution in [2.75, 3.05) is 13.7 Å². The van der Waals surface area contributed by atoms with E-state index in [4.69, 9.17) is 9.47 Å². The molecule has 0 aromatic heterocycles. The zero-order valence-electron chi connectivity index (χ0n) is 15.6. The van der Waals surface area contributed by atoms with Crippen LogP contribution in [0.3, 0.4) is 0 Å². The average molecular weight is 443 g/mol. The molecule has 0 saturated carbocycles. The molecule has 26 heavy (non-hydrogen) atoms. The zero-order valence-corrected chi connectivity index (χ0v) is 18.0. The van der Waals surface area contributed by atoms with Crippen LogP contribution < -0.4 is 14.8 Å². The Morgan fingerprint density at radius 2 is 1.81 bits per heavy atom. The van der Waals surface area contributed by atoms with Crippen molar-refractivity contribution in [1.82, 2.24) is 5.32 Å². The molecule has 2 rings (SSSR count). The number of halogens is 2. The van der Waals surface area contributed by atoms with Crippen LogP contribution >= 0.6 is 28.3 Å². The second-order valence-electron chi connectivity index (χ2n) is 6.11. The standard InChI is InChI=1S/C21H28BrNO2.ClH/c1-3-4-5-9-12-23-15-18-13-19(22)14-20(24-2)21(18)25-16-17-10-7-6-8-11-17;/h6-8,10-11,13-14,23H,3-5,9,12,15-16H2,1-2H3;1H. The van der Waals surface area contributed by atoms with E-state index in [1.54, 1.807) is 7.11 Å². The Labute approximate surface area is 172 Å². The van der Waals surface area contributed by atoms with Crippen LogP contribution in [0.2, 0.25) is 0 Å². The normalized spacial score (nSPS) is 10.3. The number of unbranched alkanes of at least 4 members (excludes halogenated alkanes) is 3. The molecule has 0 atom stereocenters. The van der Waals surface area contributed by atoms with Gasteiger partial charge >= 0.3 is 0 Å². The predicted octanol–water partition coefficient (Wildman–Crippen LogP) is 6.13. The molecule has 0 aliphatic rings. The number of hydrogen-bond acceptors (Lipinski definition) is 3. The molecule has 0 spiro atoms. The van der Waals surface area contributed by atoms with Gasteiger partial charge < -0.3 is 14.8 Å². The molecule has 0 fully saturated rings. The number of nitrogens with one attached hydrogen (secondary N) is 1. The number of methoxy groups -OCH3 is 1. The Hall–Kier alpha value is -1.23. The third kappa shape index (κ3) is 7.56. The maximum absolute atomic E-state index is 6.11. The highest BCUT2D eigenvalue weighted by atomic mass is 79.9. The lowest BCUT2D eigenvalue weighted by Crippen LogP contribution is -2.16. The molecule has 0 heterocycles. The molecule has 144 valence electrons. The van der Waals surface area contributed by atoms with E-state index >= 15 is 0 Å². The lowest BCUT2D eigenvalue weighted by Gasteiger charge is -2.16. The monoisotopic (exact) mass is 441 g/mol. The molecule has 0 aliphatic heterocycles. The maximum atomic E-state index is 6.11. The van der Waals surface area contributed by atoms with Crippen molar-refractivity contribution in [3.05, 3.63) is 58.1 Å². The molecular weight excluding hydrogens is 414 g/mol. The average Bonchev–Trinajstić information content (AvgIpc) is 2.64. The second-order valence-corrected chi connectivity index (χ2v) is 7.02.